The van der Waals surface area contributed by atoms with Gasteiger partial charge in [-0.3, -0.25) is 4.79 Å². The molecular formula is C16H26N2O. The Labute approximate surface area is 116 Å². The number of carbonyl (C=O) groups is 1. The summed E-state index contributed by atoms with van der Waals surface area (Å²) >= 11 is 0. The van der Waals surface area contributed by atoms with Crippen molar-refractivity contribution in [3.05, 3.63) is 29.8 Å². The van der Waals surface area contributed by atoms with Crippen LogP contribution in [0.15, 0.2) is 24.3 Å². The van der Waals surface area contributed by atoms with Gasteiger partial charge >= 0.3 is 0 Å². The Balaban J connectivity index is 2.64. The molecule has 3 nitrogen and oxygen atoms in total. The van der Waals surface area contributed by atoms with E-state index in [1.807, 2.05) is 19.1 Å². The average molecular weight is 262 g/mol. The van der Waals surface area contributed by atoms with E-state index < -0.39 is 0 Å². The van der Waals surface area contributed by atoms with E-state index >= 15 is 0 Å². The first-order valence-corrected chi connectivity index (χ1v) is 7.09. The Morgan fingerprint density at radius 1 is 1.11 bits per heavy atom. The van der Waals surface area contributed by atoms with Gasteiger partial charge in [-0.15, -0.1) is 0 Å². The molecule has 1 aromatic carbocycles. The summed E-state index contributed by atoms with van der Waals surface area (Å²) in [6.07, 6.45) is 0. The molecule has 0 aliphatic heterocycles. The van der Waals surface area contributed by atoms with E-state index in [4.69, 9.17) is 0 Å². The summed E-state index contributed by atoms with van der Waals surface area (Å²) in [5.74, 6) is 0.468. The lowest BCUT2D eigenvalue weighted by Crippen LogP contribution is -2.24. The molecule has 0 saturated heterocycles. The van der Waals surface area contributed by atoms with Crippen molar-refractivity contribution in [1.29, 1.82) is 0 Å². The van der Waals surface area contributed by atoms with Gasteiger partial charge in [0.25, 0.3) is 0 Å². The van der Waals surface area contributed by atoms with Crippen LogP contribution in [0.5, 0.6) is 0 Å². The number of anilines is 1. The number of nitrogens with one attached hydrogen (secondary N) is 2. The third-order valence-electron chi connectivity index (χ3n) is 3.60. The summed E-state index contributed by atoms with van der Waals surface area (Å²) in [7, 11) is 0. The monoisotopic (exact) mass is 262 g/mol. The number of rotatable bonds is 6. The predicted molar refractivity (Wildman–Crippen MR) is 81.2 cm³/mol. The zero-order valence-corrected chi connectivity index (χ0v) is 12.7. The number of hydrogen-bond donors (Lipinski definition) is 2. The van der Waals surface area contributed by atoms with Gasteiger partial charge in [0.1, 0.15) is 0 Å². The van der Waals surface area contributed by atoms with Gasteiger partial charge in [0.2, 0.25) is 5.91 Å². The smallest absolute Gasteiger partial charge is 0.227 e. The lowest BCUT2D eigenvalue weighted by atomic mass is 9.97. The van der Waals surface area contributed by atoms with Crippen LogP contribution in [-0.2, 0) is 4.79 Å². The molecular weight excluding hydrogens is 236 g/mol. The van der Waals surface area contributed by atoms with E-state index in [1.54, 1.807) is 0 Å². The van der Waals surface area contributed by atoms with Gasteiger partial charge in [-0.05, 0) is 37.1 Å². The number of carbonyl (C=O) groups excluding carboxylic acids is 1. The van der Waals surface area contributed by atoms with Crippen LogP contribution in [0, 0.1) is 11.8 Å². The second-order valence-electron chi connectivity index (χ2n) is 5.42. The number of hydrogen-bond acceptors (Lipinski definition) is 2. The summed E-state index contributed by atoms with van der Waals surface area (Å²) in [4.78, 5) is 12.0. The van der Waals surface area contributed by atoms with Crippen molar-refractivity contribution in [1.82, 2.24) is 5.32 Å². The van der Waals surface area contributed by atoms with Crippen molar-refractivity contribution in [3.8, 4) is 0 Å². The summed E-state index contributed by atoms with van der Waals surface area (Å²) in [6, 6.07) is 8.39. The quantitative estimate of drug-likeness (QED) is 0.822. The van der Waals surface area contributed by atoms with Crippen molar-refractivity contribution in [2.75, 3.05) is 11.9 Å². The maximum absolute atomic E-state index is 12.0. The highest BCUT2D eigenvalue weighted by atomic mass is 16.1. The molecule has 1 aromatic rings. The Kier molecular flexibility index (Phi) is 6.03. The van der Waals surface area contributed by atoms with Gasteiger partial charge in [-0.1, -0.05) is 39.8 Å². The molecule has 3 heteroatoms. The molecule has 0 aliphatic carbocycles. The summed E-state index contributed by atoms with van der Waals surface area (Å²) in [5, 5.41) is 6.33. The lowest BCUT2D eigenvalue weighted by molar-refractivity contribution is -0.120. The van der Waals surface area contributed by atoms with E-state index in [0.717, 1.165) is 12.2 Å². The third-order valence-corrected chi connectivity index (χ3v) is 3.60. The second kappa shape index (κ2) is 7.29. The Hall–Kier alpha value is -1.35. The summed E-state index contributed by atoms with van der Waals surface area (Å²) in [5.41, 5.74) is 2.10. The number of amides is 1. The molecule has 19 heavy (non-hydrogen) atoms. The Morgan fingerprint density at radius 2 is 1.68 bits per heavy atom. The molecule has 0 radical (unpaired) electrons. The van der Waals surface area contributed by atoms with Crippen molar-refractivity contribution < 1.29 is 4.79 Å². The first kappa shape index (κ1) is 15.7. The van der Waals surface area contributed by atoms with Crippen molar-refractivity contribution in [2.24, 2.45) is 11.8 Å². The zero-order chi connectivity index (χ0) is 14.4. The average Bonchev–Trinajstić information content (AvgIpc) is 2.38. The first-order chi connectivity index (χ1) is 8.95. The fourth-order valence-corrected chi connectivity index (χ4v) is 1.84. The van der Waals surface area contributed by atoms with Crippen LogP contribution < -0.4 is 10.6 Å². The normalized spacial score (nSPS) is 14.2. The molecule has 0 heterocycles. The van der Waals surface area contributed by atoms with E-state index in [-0.39, 0.29) is 11.8 Å². The zero-order valence-electron chi connectivity index (χ0n) is 12.7. The number of benzene rings is 1. The van der Waals surface area contributed by atoms with Gasteiger partial charge in [0.05, 0.1) is 0 Å². The van der Waals surface area contributed by atoms with Crippen LogP contribution in [0.3, 0.4) is 0 Å². The summed E-state index contributed by atoms with van der Waals surface area (Å²) in [6.45, 7) is 11.3. The summed E-state index contributed by atoms with van der Waals surface area (Å²) < 4.78 is 0. The van der Waals surface area contributed by atoms with E-state index in [0.29, 0.717) is 12.0 Å². The SMILES string of the molecule is CCNC(C)c1ccc(NC(=O)C(C)C(C)C)cc1. The fourth-order valence-electron chi connectivity index (χ4n) is 1.84. The second-order valence-corrected chi connectivity index (χ2v) is 5.42. The first-order valence-electron chi connectivity index (χ1n) is 7.09. The van der Waals surface area contributed by atoms with E-state index in [2.05, 4.69) is 50.5 Å². The molecule has 0 saturated carbocycles. The molecule has 0 fully saturated rings. The fraction of sp³-hybridized carbons (Fsp3) is 0.562. The molecule has 106 valence electrons. The van der Waals surface area contributed by atoms with Crippen molar-refractivity contribution in [2.45, 2.75) is 40.7 Å². The topological polar surface area (TPSA) is 41.1 Å². The van der Waals surface area contributed by atoms with E-state index in [9.17, 15) is 4.79 Å². The minimum absolute atomic E-state index is 0.0281. The van der Waals surface area contributed by atoms with Crippen LogP contribution in [0.4, 0.5) is 5.69 Å². The lowest BCUT2D eigenvalue weighted by Gasteiger charge is -2.16. The minimum atomic E-state index is 0.0281. The van der Waals surface area contributed by atoms with Gasteiger partial charge in [0, 0.05) is 17.6 Å². The largest absolute Gasteiger partial charge is 0.326 e. The highest BCUT2D eigenvalue weighted by Gasteiger charge is 2.16. The van der Waals surface area contributed by atoms with Gasteiger partial charge in [0.15, 0.2) is 0 Å². The maximum atomic E-state index is 12.0. The molecule has 1 amide bonds. The van der Waals surface area contributed by atoms with Crippen LogP contribution in [0.2, 0.25) is 0 Å². The highest BCUT2D eigenvalue weighted by molar-refractivity contribution is 5.92. The molecule has 2 N–H and O–H groups in total. The molecule has 0 aromatic heterocycles. The van der Waals surface area contributed by atoms with E-state index in [1.165, 1.54) is 5.56 Å². The van der Waals surface area contributed by atoms with Crippen LogP contribution >= 0.6 is 0 Å². The Morgan fingerprint density at radius 3 is 2.16 bits per heavy atom. The standard InChI is InChI=1S/C16H26N2O/c1-6-17-13(5)14-7-9-15(10-8-14)18-16(19)12(4)11(2)3/h7-13,17H,6H2,1-5H3,(H,18,19). The third kappa shape index (κ3) is 4.67. The maximum Gasteiger partial charge on any atom is 0.227 e. The van der Waals surface area contributed by atoms with Crippen LogP contribution in [0.1, 0.15) is 46.2 Å². The molecule has 0 bridgehead atoms. The van der Waals surface area contributed by atoms with Crippen molar-refractivity contribution >= 4 is 11.6 Å². The van der Waals surface area contributed by atoms with Crippen LogP contribution in [0.25, 0.3) is 0 Å². The van der Waals surface area contributed by atoms with Gasteiger partial charge in [-0.2, -0.15) is 0 Å². The predicted octanol–water partition coefficient (Wildman–Crippen LogP) is 3.59. The van der Waals surface area contributed by atoms with Gasteiger partial charge < -0.3 is 10.6 Å². The molecule has 2 atom stereocenters. The highest BCUT2D eigenvalue weighted by Crippen LogP contribution is 2.18. The molecule has 2 unspecified atom stereocenters. The molecule has 1 rings (SSSR count). The van der Waals surface area contributed by atoms with Crippen molar-refractivity contribution in [3.63, 3.8) is 0 Å². The van der Waals surface area contributed by atoms with Crippen LogP contribution in [-0.4, -0.2) is 12.5 Å². The Bertz CT molecular complexity index is 398. The minimum Gasteiger partial charge on any atom is -0.326 e. The van der Waals surface area contributed by atoms with Gasteiger partial charge in [-0.25, -0.2) is 0 Å². The molecule has 0 spiro atoms. The molecule has 0 aliphatic rings.